The monoisotopic (exact) mass is 357 g/mol. The first kappa shape index (κ1) is 16.4. The van der Waals surface area contributed by atoms with E-state index in [0.717, 1.165) is 25.0 Å². The Balaban J connectivity index is 2.11. The minimum Gasteiger partial charge on any atom is -0.360 e. The number of carbonyl (C=O) groups excluding carboxylic acids is 1. The van der Waals surface area contributed by atoms with E-state index in [1.165, 1.54) is 6.20 Å². The molecule has 0 N–H and O–H groups in total. The average molecular weight is 357 g/mol. The fourth-order valence-electron chi connectivity index (χ4n) is 2.35. The maximum Gasteiger partial charge on any atom is 0.416 e. The van der Waals surface area contributed by atoms with Gasteiger partial charge in [-0.3, -0.25) is 4.79 Å². The summed E-state index contributed by atoms with van der Waals surface area (Å²) in [5, 5.41) is 4.15. The van der Waals surface area contributed by atoms with Gasteiger partial charge in [-0.1, -0.05) is 5.16 Å². The number of alkyl halides is 3. The van der Waals surface area contributed by atoms with E-state index in [0.29, 0.717) is 17.2 Å². The number of halogens is 3. The molecule has 126 valence electrons. The second-order valence-corrected chi connectivity index (χ2v) is 6.14. The predicted molar refractivity (Wildman–Crippen MR) is 77.4 cm³/mol. The van der Waals surface area contributed by atoms with Crippen molar-refractivity contribution in [2.75, 3.05) is 0 Å². The topological polar surface area (TPSA) is 77.2 Å². The van der Waals surface area contributed by atoms with E-state index >= 15 is 0 Å². The van der Waals surface area contributed by atoms with Crippen LogP contribution in [0.1, 0.15) is 51.6 Å². The molecule has 5 nitrogen and oxygen atoms in total. The van der Waals surface area contributed by atoms with E-state index in [2.05, 4.69) is 5.16 Å². The van der Waals surface area contributed by atoms with Crippen molar-refractivity contribution in [1.29, 1.82) is 0 Å². The van der Waals surface area contributed by atoms with Crippen molar-refractivity contribution in [3.63, 3.8) is 0 Å². The summed E-state index contributed by atoms with van der Waals surface area (Å²) in [7, 11) is -2.76. The van der Waals surface area contributed by atoms with Gasteiger partial charge in [0.05, 0.1) is 22.7 Å². The fourth-order valence-corrected chi connectivity index (χ4v) is 2.75. The Morgan fingerprint density at radius 3 is 2.54 bits per heavy atom. The Kier molecular flexibility index (Phi) is 4.04. The maximum absolute atomic E-state index is 12.8. The van der Waals surface area contributed by atoms with Gasteiger partial charge < -0.3 is 4.52 Å². The highest BCUT2D eigenvalue weighted by molar-refractivity contribution is 7.71. The van der Waals surface area contributed by atoms with Crippen molar-refractivity contribution in [1.82, 2.24) is 5.16 Å². The van der Waals surface area contributed by atoms with Gasteiger partial charge in [0.2, 0.25) is 10.3 Å². The molecule has 1 fully saturated rings. The summed E-state index contributed by atoms with van der Waals surface area (Å²) >= 11 is 0. The number of hydrogen-bond acceptors (Lipinski definition) is 5. The highest BCUT2D eigenvalue weighted by Gasteiger charge is 2.34. The fraction of sp³-hybridized carbons (Fsp3) is 0.267. The molecule has 1 heterocycles. The van der Waals surface area contributed by atoms with Crippen molar-refractivity contribution in [2.24, 2.45) is 0 Å². The van der Waals surface area contributed by atoms with Crippen LogP contribution < -0.4 is 0 Å². The van der Waals surface area contributed by atoms with E-state index in [-0.39, 0.29) is 22.6 Å². The van der Waals surface area contributed by atoms with Crippen LogP contribution in [0.5, 0.6) is 0 Å². The summed E-state index contributed by atoms with van der Waals surface area (Å²) in [6.07, 6.45) is -1.77. The molecule has 0 bridgehead atoms. The normalized spacial score (nSPS) is 14.5. The Morgan fingerprint density at radius 1 is 1.25 bits per heavy atom. The molecule has 0 radical (unpaired) electrons. The zero-order chi connectivity index (χ0) is 17.5. The van der Waals surface area contributed by atoms with Gasteiger partial charge in [0.1, 0.15) is 0 Å². The average Bonchev–Trinajstić information content (AvgIpc) is 3.22. The van der Waals surface area contributed by atoms with Crippen LogP contribution in [0.3, 0.4) is 0 Å². The lowest BCUT2D eigenvalue weighted by molar-refractivity contribution is -0.137. The van der Waals surface area contributed by atoms with E-state index < -0.39 is 27.8 Å². The van der Waals surface area contributed by atoms with Crippen LogP contribution >= 0.6 is 0 Å². The van der Waals surface area contributed by atoms with Crippen molar-refractivity contribution < 1.29 is 30.9 Å². The van der Waals surface area contributed by atoms with E-state index in [4.69, 9.17) is 4.52 Å². The number of rotatable bonds is 4. The SMILES string of the molecule is O=C(c1ccc(C(F)(F)F)cc1C=S(=O)=O)c1cnoc1C1CC1. The van der Waals surface area contributed by atoms with Crippen molar-refractivity contribution in [3.05, 3.63) is 52.4 Å². The van der Waals surface area contributed by atoms with Gasteiger partial charge >= 0.3 is 6.18 Å². The van der Waals surface area contributed by atoms with E-state index in [1.54, 1.807) is 0 Å². The highest BCUT2D eigenvalue weighted by Crippen LogP contribution is 2.42. The smallest absolute Gasteiger partial charge is 0.360 e. The lowest BCUT2D eigenvalue weighted by Gasteiger charge is -2.10. The van der Waals surface area contributed by atoms with Gasteiger partial charge in [-0.05, 0) is 31.0 Å². The van der Waals surface area contributed by atoms with Gasteiger partial charge in [0, 0.05) is 17.0 Å². The molecule has 1 aliphatic rings. The third-order valence-corrected chi connectivity index (χ3v) is 4.08. The lowest BCUT2D eigenvalue weighted by Crippen LogP contribution is -2.11. The molecule has 0 unspecified atom stereocenters. The minimum atomic E-state index is -4.65. The Bertz CT molecular complexity index is 932. The molecular weight excluding hydrogens is 347 g/mol. The van der Waals surface area contributed by atoms with E-state index in [9.17, 15) is 26.4 Å². The van der Waals surface area contributed by atoms with Crippen molar-refractivity contribution in [2.45, 2.75) is 24.9 Å². The first-order valence-electron chi connectivity index (χ1n) is 6.91. The van der Waals surface area contributed by atoms with Crippen LogP contribution in [0, 0.1) is 0 Å². The number of hydrogen-bond donors (Lipinski definition) is 0. The summed E-state index contributed by atoms with van der Waals surface area (Å²) in [5.74, 6) is -0.167. The number of benzene rings is 1. The molecule has 2 aromatic rings. The second-order valence-electron chi connectivity index (χ2n) is 5.39. The molecule has 1 aromatic carbocycles. The van der Waals surface area contributed by atoms with Gasteiger partial charge in [0.25, 0.3) is 0 Å². The summed E-state index contributed by atoms with van der Waals surface area (Å²) in [4.78, 5) is 12.6. The first-order chi connectivity index (χ1) is 11.3. The van der Waals surface area contributed by atoms with Crippen molar-refractivity contribution >= 4 is 21.4 Å². The third kappa shape index (κ3) is 3.25. The second kappa shape index (κ2) is 5.90. The molecule has 0 aliphatic heterocycles. The molecule has 0 amide bonds. The molecule has 1 aliphatic carbocycles. The molecule has 0 saturated heterocycles. The number of ketones is 1. The Morgan fingerprint density at radius 2 is 1.96 bits per heavy atom. The standard InChI is InChI=1S/C15H10F3NO4S/c16-15(17,18)10-3-4-11(9(5-10)7-24(21)22)13(20)12-6-19-23-14(12)8-1-2-8/h3-8H,1-2H2. The molecule has 9 heteroatoms. The van der Waals surface area contributed by atoms with Crippen LogP contribution in [-0.4, -0.2) is 24.7 Å². The van der Waals surface area contributed by atoms with Gasteiger partial charge in [-0.2, -0.15) is 21.6 Å². The summed E-state index contributed by atoms with van der Waals surface area (Å²) in [6, 6.07) is 2.34. The highest BCUT2D eigenvalue weighted by atomic mass is 32.2. The molecule has 0 spiro atoms. The van der Waals surface area contributed by atoms with Crippen molar-refractivity contribution in [3.8, 4) is 0 Å². The number of aromatic nitrogens is 1. The quantitative estimate of drug-likeness (QED) is 0.621. The predicted octanol–water partition coefficient (Wildman–Crippen LogP) is 2.83. The van der Waals surface area contributed by atoms with Crippen LogP contribution in [0.4, 0.5) is 13.2 Å². The van der Waals surface area contributed by atoms with Gasteiger partial charge in [0.15, 0.2) is 11.5 Å². The summed E-state index contributed by atoms with van der Waals surface area (Å²) in [5.41, 5.74) is -1.38. The Labute approximate surface area is 135 Å². The summed E-state index contributed by atoms with van der Waals surface area (Å²) in [6.45, 7) is 0. The molecule has 0 atom stereocenters. The zero-order valence-corrected chi connectivity index (χ0v) is 12.8. The molecule has 1 aromatic heterocycles. The molecule has 24 heavy (non-hydrogen) atoms. The largest absolute Gasteiger partial charge is 0.416 e. The van der Waals surface area contributed by atoms with Crippen LogP contribution in [0.2, 0.25) is 0 Å². The number of nitrogens with zero attached hydrogens (tertiary/aromatic N) is 1. The van der Waals surface area contributed by atoms with Crippen LogP contribution in [0.15, 0.2) is 28.9 Å². The maximum atomic E-state index is 12.8. The summed E-state index contributed by atoms with van der Waals surface area (Å²) < 4.78 is 65.3. The zero-order valence-electron chi connectivity index (χ0n) is 12.0. The molecule has 3 rings (SSSR count). The van der Waals surface area contributed by atoms with Crippen LogP contribution in [0.25, 0.3) is 0 Å². The van der Waals surface area contributed by atoms with E-state index in [1.807, 2.05) is 0 Å². The molecule has 1 saturated carbocycles. The number of carbonyl (C=O) groups is 1. The van der Waals surface area contributed by atoms with Crippen LogP contribution in [-0.2, 0) is 16.5 Å². The lowest BCUT2D eigenvalue weighted by atomic mass is 9.97. The first-order valence-corrected chi connectivity index (χ1v) is 8.04. The Hall–Kier alpha value is -2.42. The molecular formula is C15H10F3NO4S. The minimum absolute atomic E-state index is 0.0713. The third-order valence-electron chi connectivity index (χ3n) is 3.64. The van der Waals surface area contributed by atoms with Gasteiger partial charge in [-0.15, -0.1) is 0 Å². The van der Waals surface area contributed by atoms with Gasteiger partial charge in [-0.25, -0.2) is 0 Å².